The third-order valence-electron chi connectivity index (χ3n) is 18.2. The van der Waals surface area contributed by atoms with E-state index in [0.29, 0.717) is 70.9 Å². The minimum absolute atomic E-state index is 0.00318. The van der Waals surface area contributed by atoms with Gasteiger partial charge in [0.2, 0.25) is 59.1 Å². The summed E-state index contributed by atoms with van der Waals surface area (Å²) in [5.74, 6) is -9.87. The molecule has 0 aromatic heterocycles. The highest BCUT2D eigenvalue weighted by Crippen LogP contribution is 2.23. The smallest absolute Gasteiger partial charge is 0.373 e. The molecule has 0 fully saturated rings. The van der Waals surface area contributed by atoms with E-state index >= 15 is 9.59 Å². The van der Waals surface area contributed by atoms with Gasteiger partial charge in [0.1, 0.15) is 30.2 Å². The zero-order chi connectivity index (χ0) is 89.5. The topological polar surface area (TPSA) is 533 Å². The molecule has 0 saturated heterocycles. The molecular formula is C80H136N10O26. The van der Waals surface area contributed by atoms with Crippen molar-refractivity contribution in [3.8, 4) is 0 Å². The van der Waals surface area contributed by atoms with E-state index < -0.39 is 89.5 Å². The van der Waals surface area contributed by atoms with E-state index in [-0.39, 0.29) is 227 Å². The number of carbonyl (C=O) groups excluding carboxylic acids is 18. The largest absolute Gasteiger partial charge is 0.481 e. The fraction of sp³-hybridized carbons (Fsp3) is 0.775. The molecule has 5 unspecified atom stereocenters. The lowest BCUT2D eigenvalue weighted by molar-refractivity contribution is -0.193. The van der Waals surface area contributed by atoms with Gasteiger partial charge in [0, 0.05) is 123 Å². The van der Waals surface area contributed by atoms with E-state index in [2.05, 4.69) is 33.5 Å². The molecule has 0 aliphatic carbocycles. The first-order valence-corrected chi connectivity index (χ1v) is 40.7. The maximum absolute atomic E-state index is 15.2. The Labute approximate surface area is 683 Å². The van der Waals surface area contributed by atoms with E-state index in [9.17, 15) is 67.7 Å². The normalized spacial score (nSPS) is 11.7. The number of nitrogens with one attached hydrogen (secondary N) is 5. The van der Waals surface area contributed by atoms with Gasteiger partial charge in [-0.3, -0.25) is 67.1 Å². The summed E-state index contributed by atoms with van der Waals surface area (Å²) >= 11 is 0. The van der Waals surface area contributed by atoms with Gasteiger partial charge in [-0.05, 0) is 120 Å². The highest BCUT2D eigenvalue weighted by Gasteiger charge is 2.38. The third-order valence-corrected chi connectivity index (χ3v) is 18.2. The highest BCUT2D eigenvalue weighted by molar-refractivity contribution is 5.92. The summed E-state index contributed by atoms with van der Waals surface area (Å²) in [4.78, 5) is 261. The Morgan fingerprint density at radius 1 is 0.250 bits per heavy atom. The molecule has 0 heterocycles. The number of carbonyl (C=O) groups is 14. The molecule has 5 atom stereocenters. The Balaban J connectivity index is -0.00000320. The van der Waals surface area contributed by atoms with Crippen molar-refractivity contribution in [3.05, 3.63) is 0 Å². The van der Waals surface area contributed by atoms with Crippen LogP contribution in [-0.4, -0.2) is 248 Å². The lowest BCUT2D eigenvalue weighted by Crippen LogP contribution is -2.54. The number of unbranched alkanes of at least 4 members (excludes halogenated alkanes) is 10. The first kappa shape index (κ1) is 115. The van der Waals surface area contributed by atoms with Crippen LogP contribution in [0, 0.1) is 23.7 Å². The van der Waals surface area contributed by atoms with Crippen LogP contribution in [0.3, 0.4) is 0 Å². The van der Waals surface area contributed by atoms with Crippen LogP contribution >= 0.6 is 0 Å². The van der Waals surface area contributed by atoms with Crippen molar-refractivity contribution in [2.45, 2.75) is 312 Å². The van der Waals surface area contributed by atoms with E-state index in [4.69, 9.17) is 48.6 Å². The maximum Gasteiger partial charge on any atom is 0.373 e. The molecule has 36 nitrogen and oxygen atoms in total. The monoisotopic (exact) mass is 1650 g/mol. The minimum atomic E-state index is -1.32. The number of carboxylic acid groups (broad SMARTS) is 4. The van der Waals surface area contributed by atoms with Gasteiger partial charge in [-0.1, -0.05) is 128 Å². The Bertz CT molecular complexity index is 2970. The van der Waals surface area contributed by atoms with Crippen LogP contribution < -0.4 is 26.6 Å². The Morgan fingerprint density at radius 3 is 0.793 bits per heavy atom. The van der Waals surface area contributed by atoms with Crippen molar-refractivity contribution >= 4 is 108 Å². The number of amides is 10. The van der Waals surface area contributed by atoms with Gasteiger partial charge in [0.05, 0.1) is 0 Å². The molecule has 0 aliphatic heterocycles. The molecule has 0 radical (unpaired) electrons. The van der Waals surface area contributed by atoms with Gasteiger partial charge in [-0.15, -0.1) is 0 Å². The molecule has 0 aromatic rings. The Hall–Kier alpha value is -9.90. The fourth-order valence-corrected chi connectivity index (χ4v) is 12.9. The zero-order valence-corrected chi connectivity index (χ0v) is 70.7. The second-order valence-corrected chi connectivity index (χ2v) is 29.1. The first-order chi connectivity index (χ1) is 55.0. The molecule has 0 aromatic carbocycles. The van der Waals surface area contributed by atoms with Gasteiger partial charge in [-0.25, -0.2) is 0 Å². The molecule has 0 aliphatic rings. The van der Waals surface area contributed by atoms with E-state index in [1.54, 1.807) is 18.7 Å². The molecule has 9 N–H and O–H groups in total. The number of aliphatic carboxylic acids is 4. The van der Waals surface area contributed by atoms with Gasteiger partial charge in [-0.2, -0.15) is 38.4 Å². The van der Waals surface area contributed by atoms with Crippen LogP contribution in [0.5, 0.6) is 0 Å². The number of rotatable bonds is 63. The molecule has 116 heavy (non-hydrogen) atoms. The van der Waals surface area contributed by atoms with Gasteiger partial charge < -0.3 is 71.5 Å². The van der Waals surface area contributed by atoms with Crippen molar-refractivity contribution in [1.29, 1.82) is 0 Å². The van der Waals surface area contributed by atoms with Gasteiger partial charge in [0.15, 0.2) is 0 Å². The number of carboxylic acids is 4. The van der Waals surface area contributed by atoms with Crippen LogP contribution in [0.4, 0.5) is 0 Å². The van der Waals surface area contributed by atoms with Crippen LogP contribution in [0.2, 0.25) is 0 Å². The highest BCUT2D eigenvalue weighted by atomic mass is 16.4. The average molecular weight is 1650 g/mol. The Kier molecular flexibility index (Phi) is 73.1. The predicted molar refractivity (Wildman–Crippen MR) is 418 cm³/mol. The number of hydrogen-bond acceptors (Lipinski definition) is 22. The summed E-state index contributed by atoms with van der Waals surface area (Å²) in [5, 5.41) is 51.9. The van der Waals surface area contributed by atoms with Crippen LogP contribution in [-0.2, 0) is 105 Å². The van der Waals surface area contributed by atoms with Crippen LogP contribution in [0.25, 0.3) is 0 Å². The van der Waals surface area contributed by atoms with Crippen molar-refractivity contribution < 1.29 is 126 Å². The second kappa shape index (κ2) is 74.0. The summed E-state index contributed by atoms with van der Waals surface area (Å²) in [5.41, 5.74) is 0. The molecule has 0 spiro atoms. The minimum Gasteiger partial charge on any atom is -0.481 e. The van der Waals surface area contributed by atoms with Crippen LogP contribution in [0.15, 0.2) is 0 Å². The SMILES string of the molecule is CCCCCNC(=O)C(C(C)C)N(CCC)C(=O)CCCC(=O)N(CCCCCC(=O)N(CCCC(=O)O)C(C(=O)NCCCCC)C(C)C)C(CCCC(=O)N(CCC)C(C(=O)NCCCCCC(=O)O)C(C)C)C(=O)NCCC(=O)N(CCCC(=O)O)C(C(=O)NCCCCCC(=O)O)C(C)C.O=C=O.O=C=O.O=C=O.O=C=O. The first-order valence-electron chi connectivity index (χ1n) is 40.7. The molecule has 10 amide bonds. The molecule has 36 heteroatoms. The standard InChI is InChI=1S/C76H136N10O18.4CO2/c1-13-17-25-44-77-73(101)68(54(5)6)84(50-16-4)62(90)38-31-37-59(87)82(51-29-21-22-35-60(88)85(52-32-41-66(96)97)70(56(9)10)75(103)78-45-26-18-14-2)58(34-30-36-61(89)83(49-15-3)69(55(7)8)74(102)79-46-27-19-23-39-64(92)93)72(100)81-48-43-63(91)86(53-33-42-67(98)99)71(57(11)12)76(104)80-47-28-20-24-40-65(94)95;4*2-1-3/h54-58,68-71H,13-53H2,1-12H3,(H,77,101)(H,78,103)(H,79,102)(H,80,104)(H,81,100)(H,92,93)(H,94,95)(H,96,97)(H,98,99);;;;. The summed E-state index contributed by atoms with van der Waals surface area (Å²) in [6, 6.07) is -4.95. The lowest BCUT2D eigenvalue weighted by atomic mass is 9.99. The van der Waals surface area contributed by atoms with Crippen molar-refractivity contribution in [2.75, 3.05) is 65.4 Å². The summed E-state index contributed by atoms with van der Waals surface area (Å²) in [7, 11) is 0. The van der Waals surface area contributed by atoms with E-state index in [0.717, 1.165) is 38.5 Å². The van der Waals surface area contributed by atoms with Crippen molar-refractivity contribution in [2.24, 2.45) is 23.7 Å². The molecular weight excluding hydrogens is 1520 g/mol. The van der Waals surface area contributed by atoms with Crippen molar-refractivity contribution in [3.63, 3.8) is 0 Å². The van der Waals surface area contributed by atoms with Gasteiger partial charge in [0.25, 0.3) is 0 Å². The Morgan fingerprint density at radius 2 is 0.491 bits per heavy atom. The fourth-order valence-electron chi connectivity index (χ4n) is 12.9. The summed E-state index contributed by atoms with van der Waals surface area (Å²) in [6.45, 7) is 23.6. The van der Waals surface area contributed by atoms with E-state index in [1.165, 1.54) is 19.6 Å². The zero-order valence-electron chi connectivity index (χ0n) is 70.7. The molecule has 662 valence electrons. The molecule has 0 saturated carbocycles. The maximum atomic E-state index is 15.2. The van der Waals surface area contributed by atoms with Gasteiger partial charge >= 0.3 is 48.5 Å². The summed E-state index contributed by atoms with van der Waals surface area (Å²) < 4.78 is 0. The predicted octanol–water partition coefficient (Wildman–Crippen LogP) is 6.35. The summed E-state index contributed by atoms with van der Waals surface area (Å²) in [6.07, 6.45) is 9.39. The van der Waals surface area contributed by atoms with Crippen LogP contribution in [0.1, 0.15) is 282 Å². The van der Waals surface area contributed by atoms with Crippen molar-refractivity contribution in [1.82, 2.24) is 51.1 Å². The third kappa shape index (κ3) is 56.4. The van der Waals surface area contributed by atoms with E-state index in [1.807, 2.05) is 62.3 Å². The lowest BCUT2D eigenvalue weighted by Gasteiger charge is -2.35. The number of nitrogens with zero attached hydrogens (tertiary/aromatic N) is 5. The number of hydrogen-bond donors (Lipinski definition) is 9. The molecule has 0 rings (SSSR count). The molecule has 0 bridgehead atoms. The average Bonchev–Trinajstić information content (AvgIpc) is 0.868. The quantitative estimate of drug-likeness (QED) is 0.0299. The second-order valence-electron chi connectivity index (χ2n) is 29.1.